The number of carbonyl (C=O) groups excluding carboxylic acids is 2. The van der Waals surface area contributed by atoms with Crippen LogP contribution in [0.4, 0.5) is 0 Å². The Morgan fingerprint density at radius 2 is 1.84 bits per heavy atom. The zero-order valence-electron chi connectivity index (χ0n) is 17.3. The maximum Gasteiger partial charge on any atom is 0.338 e. The average molecular weight is 421 g/mol. The summed E-state index contributed by atoms with van der Waals surface area (Å²) in [6.45, 7) is 4.44. The molecule has 1 atom stereocenters. The van der Waals surface area contributed by atoms with E-state index < -0.39 is 5.97 Å². The van der Waals surface area contributed by atoms with Crippen LogP contribution in [-0.4, -0.2) is 41.5 Å². The van der Waals surface area contributed by atoms with Crippen molar-refractivity contribution in [3.8, 4) is 17.2 Å². The van der Waals surface area contributed by atoms with E-state index in [4.69, 9.17) is 14.2 Å². The van der Waals surface area contributed by atoms with Crippen LogP contribution >= 0.6 is 0 Å². The van der Waals surface area contributed by atoms with Crippen LogP contribution in [-0.2, 0) is 9.53 Å². The zero-order chi connectivity index (χ0) is 21.8. The summed E-state index contributed by atoms with van der Waals surface area (Å²) in [5, 5.41) is 7.05. The van der Waals surface area contributed by atoms with Crippen LogP contribution in [0, 0.1) is 6.92 Å². The Bertz CT molecular complexity index is 1090. The van der Waals surface area contributed by atoms with Crippen molar-refractivity contribution in [3.63, 3.8) is 0 Å². The van der Waals surface area contributed by atoms with Crippen LogP contribution < -0.4 is 14.8 Å². The molecule has 1 amide bonds. The molecule has 4 rings (SSSR count). The monoisotopic (exact) mass is 421 g/mol. The summed E-state index contributed by atoms with van der Waals surface area (Å²) in [5.41, 5.74) is 3.05. The van der Waals surface area contributed by atoms with E-state index in [1.165, 1.54) is 0 Å². The predicted octanol–water partition coefficient (Wildman–Crippen LogP) is 2.99. The first-order valence-electron chi connectivity index (χ1n) is 9.98. The molecule has 1 aromatic heterocycles. The number of esters is 1. The van der Waals surface area contributed by atoms with E-state index in [-0.39, 0.29) is 18.6 Å². The number of carbonyl (C=O) groups is 2. The van der Waals surface area contributed by atoms with Crippen LogP contribution in [0.3, 0.4) is 0 Å². The lowest BCUT2D eigenvalue weighted by Crippen LogP contribution is -2.31. The number of aryl methyl sites for hydroxylation is 1. The number of aromatic nitrogens is 2. The van der Waals surface area contributed by atoms with Gasteiger partial charge in [0.1, 0.15) is 13.2 Å². The third kappa shape index (κ3) is 4.69. The van der Waals surface area contributed by atoms with Crippen molar-refractivity contribution in [2.24, 2.45) is 0 Å². The summed E-state index contributed by atoms with van der Waals surface area (Å²) in [5.74, 6) is 0.395. The summed E-state index contributed by atoms with van der Waals surface area (Å²) in [7, 11) is 0. The molecular formula is C23H23N3O5. The van der Waals surface area contributed by atoms with Crippen molar-refractivity contribution in [1.29, 1.82) is 0 Å². The molecule has 31 heavy (non-hydrogen) atoms. The maximum absolute atomic E-state index is 12.3. The summed E-state index contributed by atoms with van der Waals surface area (Å²) < 4.78 is 18.0. The van der Waals surface area contributed by atoms with Crippen molar-refractivity contribution in [1.82, 2.24) is 15.1 Å². The Kier molecular flexibility index (Phi) is 5.88. The van der Waals surface area contributed by atoms with Crippen molar-refractivity contribution < 1.29 is 23.8 Å². The summed E-state index contributed by atoms with van der Waals surface area (Å²) >= 11 is 0. The molecule has 0 aliphatic carbocycles. The second kappa shape index (κ2) is 8.91. The molecule has 3 aromatic rings. The third-order valence-corrected chi connectivity index (χ3v) is 4.96. The number of rotatable bonds is 6. The molecule has 0 saturated heterocycles. The minimum atomic E-state index is -0.564. The standard InChI is InChI=1S/C23H23N3O5/c1-15-9-10-24-26(15)19-6-3-17(4-7-19)23(28)31-14-22(27)25-16(2)18-5-8-20-21(13-18)30-12-11-29-20/h3-10,13,16H,11-12,14H2,1-2H3,(H,25,27)/t16-/m1/s1. The molecule has 160 valence electrons. The molecular weight excluding hydrogens is 398 g/mol. The van der Waals surface area contributed by atoms with Crippen molar-refractivity contribution in [3.05, 3.63) is 71.5 Å². The Morgan fingerprint density at radius 1 is 1.10 bits per heavy atom. The lowest BCUT2D eigenvalue weighted by atomic mass is 10.1. The Morgan fingerprint density at radius 3 is 2.55 bits per heavy atom. The van der Waals surface area contributed by atoms with Crippen LogP contribution in [0.25, 0.3) is 5.69 Å². The van der Waals surface area contributed by atoms with E-state index in [2.05, 4.69) is 10.4 Å². The van der Waals surface area contributed by atoms with Crippen LogP contribution in [0.1, 0.15) is 34.6 Å². The van der Waals surface area contributed by atoms with Crippen LogP contribution in [0.5, 0.6) is 11.5 Å². The van der Waals surface area contributed by atoms with Crippen molar-refractivity contribution in [2.75, 3.05) is 19.8 Å². The molecule has 0 saturated carbocycles. The maximum atomic E-state index is 12.3. The highest BCUT2D eigenvalue weighted by atomic mass is 16.6. The normalized spacial score (nSPS) is 13.4. The van der Waals surface area contributed by atoms with E-state index in [0.29, 0.717) is 30.3 Å². The van der Waals surface area contributed by atoms with Gasteiger partial charge in [-0.25, -0.2) is 9.48 Å². The highest BCUT2D eigenvalue weighted by molar-refractivity contribution is 5.91. The van der Waals surface area contributed by atoms with Crippen LogP contribution in [0.2, 0.25) is 0 Å². The van der Waals surface area contributed by atoms with Gasteiger partial charge in [0.25, 0.3) is 5.91 Å². The smallest absolute Gasteiger partial charge is 0.338 e. The minimum Gasteiger partial charge on any atom is -0.486 e. The molecule has 0 unspecified atom stereocenters. The fourth-order valence-electron chi connectivity index (χ4n) is 3.29. The molecule has 0 spiro atoms. The molecule has 0 fully saturated rings. The Balaban J connectivity index is 1.30. The Hall–Kier alpha value is -3.81. The molecule has 1 aliphatic rings. The number of amides is 1. The summed E-state index contributed by atoms with van der Waals surface area (Å²) in [4.78, 5) is 24.5. The highest BCUT2D eigenvalue weighted by Crippen LogP contribution is 2.32. The van der Waals surface area contributed by atoms with E-state index in [1.54, 1.807) is 35.1 Å². The van der Waals surface area contributed by atoms with Gasteiger partial charge in [0, 0.05) is 11.9 Å². The first-order chi connectivity index (χ1) is 15.0. The molecule has 2 aromatic carbocycles. The second-order valence-corrected chi connectivity index (χ2v) is 7.20. The van der Waals surface area contributed by atoms with E-state index in [0.717, 1.165) is 16.9 Å². The highest BCUT2D eigenvalue weighted by Gasteiger charge is 2.17. The van der Waals surface area contributed by atoms with Crippen molar-refractivity contribution in [2.45, 2.75) is 19.9 Å². The molecule has 8 nitrogen and oxygen atoms in total. The quantitative estimate of drug-likeness (QED) is 0.616. The van der Waals surface area contributed by atoms with E-state index >= 15 is 0 Å². The van der Waals surface area contributed by atoms with Gasteiger partial charge in [-0.05, 0) is 61.9 Å². The fraction of sp³-hybridized carbons (Fsp3) is 0.261. The van der Waals surface area contributed by atoms with Gasteiger partial charge >= 0.3 is 5.97 Å². The number of ether oxygens (including phenoxy) is 3. The zero-order valence-corrected chi connectivity index (χ0v) is 17.3. The van der Waals surface area contributed by atoms with E-state index in [9.17, 15) is 9.59 Å². The minimum absolute atomic E-state index is 0.279. The van der Waals surface area contributed by atoms with Gasteiger partial charge < -0.3 is 19.5 Å². The number of nitrogens with zero attached hydrogens (tertiary/aromatic N) is 2. The molecule has 2 heterocycles. The SMILES string of the molecule is Cc1ccnn1-c1ccc(C(=O)OCC(=O)N[C@H](C)c2ccc3c(c2)OCCO3)cc1. The molecule has 0 bridgehead atoms. The lowest BCUT2D eigenvalue weighted by molar-refractivity contribution is -0.124. The molecule has 0 radical (unpaired) electrons. The topological polar surface area (TPSA) is 91.7 Å². The molecule has 8 heteroatoms. The van der Waals surface area contributed by atoms with Gasteiger partial charge in [0.2, 0.25) is 0 Å². The first kappa shape index (κ1) is 20.5. The summed E-state index contributed by atoms with van der Waals surface area (Å²) in [6.07, 6.45) is 1.71. The van der Waals surface area contributed by atoms with Crippen molar-refractivity contribution >= 4 is 11.9 Å². The first-order valence-corrected chi connectivity index (χ1v) is 9.98. The van der Waals surface area contributed by atoms with Crippen LogP contribution in [0.15, 0.2) is 54.7 Å². The number of hydrogen-bond donors (Lipinski definition) is 1. The van der Waals surface area contributed by atoms with Gasteiger partial charge in [-0.1, -0.05) is 6.07 Å². The molecule has 1 N–H and O–H groups in total. The summed E-state index contributed by atoms with van der Waals surface area (Å²) in [6, 6.07) is 14.0. The predicted molar refractivity (Wildman–Crippen MR) is 113 cm³/mol. The number of hydrogen-bond acceptors (Lipinski definition) is 6. The van der Waals surface area contributed by atoms with Gasteiger partial charge in [0.05, 0.1) is 17.3 Å². The second-order valence-electron chi connectivity index (χ2n) is 7.20. The largest absolute Gasteiger partial charge is 0.486 e. The van der Waals surface area contributed by atoms with Gasteiger partial charge in [-0.3, -0.25) is 4.79 Å². The average Bonchev–Trinajstić information content (AvgIpc) is 3.23. The lowest BCUT2D eigenvalue weighted by Gasteiger charge is -2.21. The number of benzene rings is 2. The number of nitrogens with one attached hydrogen (secondary N) is 1. The van der Waals surface area contributed by atoms with Gasteiger partial charge in [-0.15, -0.1) is 0 Å². The fourth-order valence-corrected chi connectivity index (χ4v) is 3.29. The molecule has 1 aliphatic heterocycles. The van der Waals surface area contributed by atoms with Gasteiger partial charge in [-0.2, -0.15) is 5.10 Å². The third-order valence-electron chi connectivity index (χ3n) is 4.96. The van der Waals surface area contributed by atoms with Gasteiger partial charge in [0.15, 0.2) is 18.1 Å². The Labute approximate surface area is 179 Å². The number of fused-ring (bicyclic) bond motifs is 1. The van der Waals surface area contributed by atoms with E-state index in [1.807, 2.05) is 38.1 Å².